The van der Waals surface area contributed by atoms with Gasteiger partial charge in [-0.3, -0.25) is 4.79 Å². The highest BCUT2D eigenvalue weighted by Gasteiger charge is 2.45. The molecule has 42 heavy (non-hydrogen) atoms. The second-order valence-corrected chi connectivity index (χ2v) is 13.6. The van der Waals surface area contributed by atoms with Crippen molar-refractivity contribution in [3.63, 3.8) is 0 Å². The Morgan fingerprint density at radius 2 is 1.83 bits per heavy atom. The number of piperazine rings is 1. The van der Waals surface area contributed by atoms with Crippen LogP contribution >= 0.6 is 11.6 Å². The van der Waals surface area contributed by atoms with Crippen molar-refractivity contribution in [1.29, 1.82) is 0 Å². The van der Waals surface area contributed by atoms with E-state index in [2.05, 4.69) is 16.0 Å². The minimum atomic E-state index is -3.42. The monoisotopic (exact) mass is 616 g/mol. The van der Waals surface area contributed by atoms with Crippen molar-refractivity contribution in [3.8, 4) is 0 Å². The van der Waals surface area contributed by atoms with Crippen LogP contribution in [0.3, 0.4) is 0 Å². The Hall–Kier alpha value is -3.05. The molecule has 3 atom stereocenters. The molecular weight excluding hydrogens is 582 g/mol. The number of benzene rings is 3. The first-order valence-electron chi connectivity index (χ1n) is 14.2. The number of amides is 1. The van der Waals surface area contributed by atoms with E-state index < -0.39 is 33.6 Å². The summed E-state index contributed by atoms with van der Waals surface area (Å²) in [7, 11) is -3.42. The van der Waals surface area contributed by atoms with Crippen LogP contribution in [-0.4, -0.2) is 55.1 Å². The molecular formula is C31H35ClF2N4O3S. The van der Waals surface area contributed by atoms with E-state index in [4.69, 9.17) is 11.6 Å². The summed E-state index contributed by atoms with van der Waals surface area (Å²) >= 11 is 6.17. The normalized spacial score (nSPS) is 20.2. The van der Waals surface area contributed by atoms with Crippen molar-refractivity contribution in [3.05, 3.63) is 94.5 Å². The molecule has 1 saturated heterocycles. The third-order valence-electron chi connectivity index (χ3n) is 7.77. The number of rotatable bonds is 11. The van der Waals surface area contributed by atoms with Gasteiger partial charge in [-0.2, -0.15) is 4.31 Å². The summed E-state index contributed by atoms with van der Waals surface area (Å²) in [5.41, 5.74) is 1.83. The van der Waals surface area contributed by atoms with Gasteiger partial charge in [0.1, 0.15) is 17.7 Å². The number of halogens is 3. The summed E-state index contributed by atoms with van der Waals surface area (Å²) in [6.45, 7) is 2.93. The number of sulfonamides is 1. The molecule has 1 amide bonds. The zero-order chi connectivity index (χ0) is 29.9. The Balaban J connectivity index is 1.35. The lowest BCUT2D eigenvalue weighted by molar-refractivity contribution is -0.116. The predicted molar refractivity (Wildman–Crippen MR) is 162 cm³/mol. The molecule has 7 nitrogen and oxygen atoms in total. The van der Waals surface area contributed by atoms with E-state index >= 15 is 4.39 Å². The molecule has 1 aliphatic carbocycles. The molecule has 2 aliphatic rings. The fourth-order valence-corrected chi connectivity index (χ4v) is 8.03. The summed E-state index contributed by atoms with van der Waals surface area (Å²) in [6.07, 6.45) is 2.21. The number of carbonyl (C=O) groups is 1. The van der Waals surface area contributed by atoms with Gasteiger partial charge in [0, 0.05) is 53.6 Å². The fourth-order valence-electron chi connectivity index (χ4n) is 5.57. The molecule has 5 rings (SSSR count). The predicted octanol–water partition coefficient (Wildman–Crippen LogP) is 5.37. The lowest BCUT2D eigenvalue weighted by Gasteiger charge is -2.40. The topological polar surface area (TPSA) is 90.5 Å². The number of carbonyl (C=O) groups excluding carboxylic acids is 1. The van der Waals surface area contributed by atoms with Crippen molar-refractivity contribution >= 4 is 38.9 Å². The van der Waals surface area contributed by atoms with Gasteiger partial charge in [0.15, 0.2) is 0 Å². The lowest BCUT2D eigenvalue weighted by atomic mass is 10.00. The van der Waals surface area contributed by atoms with Crippen molar-refractivity contribution in [1.82, 2.24) is 9.62 Å². The summed E-state index contributed by atoms with van der Waals surface area (Å²) < 4.78 is 57.1. The Morgan fingerprint density at radius 3 is 2.57 bits per heavy atom. The first kappa shape index (κ1) is 30.4. The van der Waals surface area contributed by atoms with E-state index in [9.17, 15) is 17.6 Å². The molecule has 0 spiro atoms. The van der Waals surface area contributed by atoms with Crippen molar-refractivity contribution < 1.29 is 22.0 Å². The van der Waals surface area contributed by atoms with Crippen LogP contribution in [-0.2, 0) is 27.7 Å². The van der Waals surface area contributed by atoms with Crippen LogP contribution in [0.1, 0.15) is 37.3 Å². The van der Waals surface area contributed by atoms with E-state index in [1.807, 2.05) is 13.0 Å². The van der Waals surface area contributed by atoms with E-state index in [0.29, 0.717) is 54.3 Å². The highest BCUT2D eigenvalue weighted by molar-refractivity contribution is 7.90. The minimum absolute atomic E-state index is 0.199. The first-order valence-corrected chi connectivity index (χ1v) is 16.1. The molecule has 0 radical (unpaired) electrons. The minimum Gasteiger partial charge on any atom is -0.373 e. The summed E-state index contributed by atoms with van der Waals surface area (Å²) in [6, 6.07) is 16.1. The second kappa shape index (κ2) is 13.1. The van der Waals surface area contributed by atoms with E-state index in [1.54, 1.807) is 40.7 Å². The number of nitrogens with one attached hydrogen (secondary N) is 3. The quantitative estimate of drug-likeness (QED) is 0.270. The molecule has 3 aromatic carbocycles. The molecule has 0 bridgehead atoms. The molecule has 1 saturated carbocycles. The van der Waals surface area contributed by atoms with Crippen LogP contribution in [0.25, 0.3) is 0 Å². The highest BCUT2D eigenvalue weighted by atomic mass is 35.5. The molecule has 2 fully saturated rings. The van der Waals surface area contributed by atoms with Gasteiger partial charge >= 0.3 is 0 Å². The van der Waals surface area contributed by atoms with E-state index in [-0.39, 0.29) is 30.2 Å². The smallest absolute Gasteiger partial charge is 0.247 e. The van der Waals surface area contributed by atoms with Crippen LogP contribution in [0.4, 0.5) is 20.2 Å². The van der Waals surface area contributed by atoms with Gasteiger partial charge in [0.25, 0.3) is 0 Å². The lowest BCUT2D eigenvalue weighted by Crippen LogP contribution is -2.59. The Bertz CT molecular complexity index is 1490. The summed E-state index contributed by atoms with van der Waals surface area (Å²) in [4.78, 5) is 13.6. The summed E-state index contributed by atoms with van der Waals surface area (Å²) in [5.74, 6) is -1.36. The maximum Gasteiger partial charge on any atom is 0.247 e. The van der Waals surface area contributed by atoms with Gasteiger partial charge in [-0.15, -0.1) is 0 Å². The number of hydrogen-bond acceptors (Lipinski definition) is 5. The van der Waals surface area contributed by atoms with Gasteiger partial charge < -0.3 is 16.0 Å². The van der Waals surface area contributed by atoms with Gasteiger partial charge in [-0.05, 0) is 80.6 Å². The number of hydrogen-bond donors (Lipinski definition) is 3. The number of anilines is 2. The van der Waals surface area contributed by atoms with Crippen LogP contribution in [0.15, 0.2) is 66.7 Å². The Labute approximate surface area is 250 Å². The zero-order valence-corrected chi connectivity index (χ0v) is 24.9. The number of nitrogens with zero attached hydrogens (tertiary/aromatic N) is 1. The molecule has 3 N–H and O–H groups in total. The van der Waals surface area contributed by atoms with E-state index in [1.165, 1.54) is 24.3 Å². The van der Waals surface area contributed by atoms with Crippen molar-refractivity contribution in [2.75, 3.05) is 23.7 Å². The average molecular weight is 617 g/mol. The maximum atomic E-state index is 15.2. The maximum absolute atomic E-state index is 15.2. The molecule has 1 aliphatic heterocycles. The van der Waals surface area contributed by atoms with Crippen LogP contribution in [0, 0.1) is 11.6 Å². The summed E-state index contributed by atoms with van der Waals surface area (Å²) in [5, 5.41) is 9.46. The second-order valence-electron chi connectivity index (χ2n) is 11.1. The highest BCUT2D eigenvalue weighted by Crippen LogP contribution is 2.35. The molecule has 0 unspecified atom stereocenters. The van der Waals surface area contributed by atoms with Crippen LogP contribution in [0.5, 0.6) is 0 Å². The van der Waals surface area contributed by atoms with Crippen LogP contribution in [0.2, 0.25) is 5.02 Å². The molecule has 0 aromatic heterocycles. The third-order valence-corrected chi connectivity index (χ3v) is 10.6. The van der Waals surface area contributed by atoms with Gasteiger partial charge in [0.2, 0.25) is 15.9 Å². The van der Waals surface area contributed by atoms with Crippen molar-refractivity contribution in [2.24, 2.45) is 0 Å². The van der Waals surface area contributed by atoms with Crippen molar-refractivity contribution in [2.45, 2.75) is 62.4 Å². The molecule has 3 aromatic rings. The SMILES string of the molecule is C[C@@H]1CNC[C@H](CCc2c(F)cccc2NC(=O)[C@H](Cc2cccc(Cl)c2)Nc2cccc(F)c2)N1S(=O)(=O)C1CC1. The van der Waals surface area contributed by atoms with Gasteiger partial charge in [0.05, 0.1) is 5.25 Å². The fraction of sp³-hybridized carbons (Fsp3) is 0.387. The average Bonchev–Trinajstić information content (AvgIpc) is 3.79. The molecule has 11 heteroatoms. The third kappa shape index (κ3) is 7.29. The zero-order valence-electron chi connectivity index (χ0n) is 23.3. The van der Waals surface area contributed by atoms with Gasteiger partial charge in [-0.25, -0.2) is 17.2 Å². The Morgan fingerprint density at radius 1 is 1.07 bits per heavy atom. The van der Waals surface area contributed by atoms with Crippen LogP contribution < -0.4 is 16.0 Å². The van der Waals surface area contributed by atoms with E-state index in [0.717, 1.165) is 5.56 Å². The standard InChI is InChI=1S/C31H35ClF2N4O3S/c1-20-18-35-19-25(38(20)42(40,41)26-12-13-26)11-14-27-28(34)9-4-10-29(27)37-31(39)30(16-21-5-2-6-22(32)15-21)36-24-8-3-7-23(33)17-24/h2-10,15,17,20,25-26,30,35-36H,11-14,16,18-19H2,1H3,(H,37,39)/t20-,25+,30+/m1/s1. The first-order chi connectivity index (χ1) is 20.1. The van der Waals surface area contributed by atoms with Gasteiger partial charge in [-0.1, -0.05) is 35.9 Å². The molecule has 224 valence electrons. The Kier molecular flexibility index (Phi) is 9.47. The molecule has 1 heterocycles. The largest absolute Gasteiger partial charge is 0.373 e.